The standard InChI is InChI=1S/C21H20N2O6S/c1-23(14-17-6-3-9-27-17)21(24)15-4-2-5-16(12-15)22-30(25,26)18-7-8-19-20(13-18)29-11-10-28-19/h2-9,12-13,22H,10-11,14H2,1H3. The van der Waals surface area contributed by atoms with Crippen LogP contribution < -0.4 is 14.2 Å². The highest BCUT2D eigenvalue weighted by Crippen LogP contribution is 2.32. The predicted molar refractivity (Wildman–Crippen MR) is 109 cm³/mol. The Hall–Kier alpha value is -3.46. The topological polar surface area (TPSA) is 98.1 Å². The van der Waals surface area contributed by atoms with E-state index in [4.69, 9.17) is 13.9 Å². The van der Waals surface area contributed by atoms with Gasteiger partial charge in [-0.3, -0.25) is 9.52 Å². The summed E-state index contributed by atoms with van der Waals surface area (Å²) in [4.78, 5) is 14.2. The van der Waals surface area contributed by atoms with Gasteiger partial charge in [-0.05, 0) is 42.5 Å². The second kappa shape index (κ2) is 8.11. The third-order valence-corrected chi connectivity index (χ3v) is 5.88. The Morgan fingerprint density at radius 1 is 1.03 bits per heavy atom. The monoisotopic (exact) mass is 428 g/mol. The molecule has 9 heteroatoms. The van der Waals surface area contributed by atoms with Crippen molar-refractivity contribution < 1.29 is 27.1 Å². The number of anilines is 1. The van der Waals surface area contributed by atoms with E-state index in [1.807, 2.05) is 0 Å². The summed E-state index contributed by atoms with van der Waals surface area (Å²) in [5.41, 5.74) is 0.633. The van der Waals surface area contributed by atoms with E-state index in [0.717, 1.165) is 0 Å². The van der Waals surface area contributed by atoms with Crippen LogP contribution in [0.1, 0.15) is 16.1 Å². The highest BCUT2D eigenvalue weighted by molar-refractivity contribution is 7.92. The summed E-state index contributed by atoms with van der Waals surface area (Å²) in [5, 5.41) is 0. The summed E-state index contributed by atoms with van der Waals surface area (Å²) in [5.74, 6) is 1.29. The van der Waals surface area contributed by atoms with Gasteiger partial charge in [-0.2, -0.15) is 0 Å². The third-order valence-electron chi connectivity index (χ3n) is 4.51. The minimum atomic E-state index is -3.88. The molecule has 2 aromatic carbocycles. The maximum absolute atomic E-state index is 12.8. The summed E-state index contributed by atoms with van der Waals surface area (Å²) in [7, 11) is -2.23. The van der Waals surface area contributed by atoms with Crippen molar-refractivity contribution in [3.63, 3.8) is 0 Å². The molecule has 2 heterocycles. The van der Waals surface area contributed by atoms with Crippen LogP contribution in [0.15, 0.2) is 70.2 Å². The Morgan fingerprint density at radius 2 is 1.83 bits per heavy atom. The number of benzene rings is 2. The largest absolute Gasteiger partial charge is 0.486 e. The van der Waals surface area contributed by atoms with Gasteiger partial charge >= 0.3 is 0 Å². The number of carbonyl (C=O) groups excluding carboxylic acids is 1. The third kappa shape index (κ3) is 4.25. The van der Waals surface area contributed by atoms with Gasteiger partial charge in [-0.25, -0.2) is 8.42 Å². The lowest BCUT2D eigenvalue weighted by Crippen LogP contribution is -2.26. The number of carbonyl (C=O) groups is 1. The van der Waals surface area contributed by atoms with Crippen LogP contribution in [0, 0.1) is 0 Å². The zero-order valence-corrected chi connectivity index (χ0v) is 17.0. The first-order chi connectivity index (χ1) is 14.4. The van der Waals surface area contributed by atoms with Crippen LogP contribution in [0.3, 0.4) is 0 Å². The molecule has 1 amide bonds. The molecule has 8 nitrogen and oxygen atoms in total. The average Bonchev–Trinajstić information content (AvgIpc) is 3.25. The van der Waals surface area contributed by atoms with E-state index in [-0.39, 0.29) is 16.5 Å². The number of furan rings is 1. The maximum Gasteiger partial charge on any atom is 0.262 e. The zero-order valence-electron chi connectivity index (χ0n) is 16.2. The van der Waals surface area contributed by atoms with Gasteiger partial charge in [-0.1, -0.05) is 6.07 Å². The Kier molecular flexibility index (Phi) is 5.37. The summed E-state index contributed by atoms with van der Waals surface area (Å²) in [6.07, 6.45) is 1.54. The Bertz CT molecular complexity index is 1160. The SMILES string of the molecule is CN(Cc1ccco1)C(=O)c1cccc(NS(=O)(=O)c2ccc3c(c2)OCCO3)c1. The molecule has 4 rings (SSSR count). The van der Waals surface area contributed by atoms with Crippen LogP contribution in [0.25, 0.3) is 0 Å². The molecule has 0 unspecified atom stereocenters. The number of ether oxygens (including phenoxy) is 2. The quantitative estimate of drug-likeness (QED) is 0.648. The van der Waals surface area contributed by atoms with Crippen molar-refractivity contribution in [3.05, 3.63) is 72.2 Å². The molecule has 156 valence electrons. The number of hydrogen-bond acceptors (Lipinski definition) is 6. The molecule has 30 heavy (non-hydrogen) atoms. The van der Waals surface area contributed by atoms with Gasteiger partial charge in [0.2, 0.25) is 0 Å². The van der Waals surface area contributed by atoms with E-state index in [0.29, 0.717) is 42.6 Å². The Balaban J connectivity index is 1.51. The van der Waals surface area contributed by atoms with Crippen molar-refractivity contribution in [2.24, 2.45) is 0 Å². The van der Waals surface area contributed by atoms with Crippen LogP contribution in [0.2, 0.25) is 0 Å². The van der Waals surface area contributed by atoms with Gasteiger partial charge in [0.1, 0.15) is 19.0 Å². The molecule has 0 fully saturated rings. The molecule has 3 aromatic rings. The first-order valence-electron chi connectivity index (χ1n) is 9.23. The molecule has 1 N–H and O–H groups in total. The molecule has 1 aromatic heterocycles. The number of sulfonamides is 1. The van der Waals surface area contributed by atoms with Crippen molar-refractivity contribution in [1.82, 2.24) is 4.90 Å². The zero-order chi connectivity index (χ0) is 21.1. The lowest BCUT2D eigenvalue weighted by Gasteiger charge is -2.19. The molecule has 0 saturated heterocycles. The molecule has 0 spiro atoms. The minimum absolute atomic E-state index is 0.0402. The molecule has 0 saturated carbocycles. The molecular weight excluding hydrogens is 408 g/mol. The number of nitrogens with zero attached hydrogens (tertiary/aromatic N) is 1. The first kappa shape index (κ1) is 19.8. The van der Waals surface area contributed by atoms with E-state index in [1.165, 1.54) is 23.1 Å². The normalized spacial score (nSPS) is 13.0. The van der Waals surface area contributed by atoms with Crippen molar-refractivity contribution in [3.8, 4) is 11.5 Å². The van der Waals surface area contributed by atoms with Gasteiger partial charge in [0.05, 0.1) is 17.7 Å². The number of hydrogen-bond donors (Lipinski definition) is 1. The molecular formula is C21H20N2O6S. The molecule has 1 aliphatic rings. The molecule has 0 aliphatic carbocycles. The first-order valence-corrected chi connectivity index (χ1v) is 10.7. The fraction of sp³-hybridized carbons (Fsp3) is 0.190. The number of amides is 1. The highest BCUT2D eigenvalue weighted by Gasteiger charge is 2.20. The minimum Gasteiger partial charge on any atom is -0.486 e. The van der Waals surface area contributed by atoms with Crippen LogP contribution >= 0.6 is 0 Å². The summed E-state index contributed by atoms with van der Waals surface area (Å²) in [6, 6.07) is 14.3. The molecule has 0 radical (unpaired) electrons. The number of nitrogens with one attached hydrogen (secondary N) is 1. The van der Waals surface area contributed by atoms with Crippen LogP contribution in [-0.4, -0.2) is 39.5 Å². The summed E-state index contributed by atoms with van der Waals surface area (Å²) < 4.78 is 44.2. The van der Waals surface area contributed by atoms with E-state index < -0.39 is 10.0 Å². The Labute approximate surface area is 174 Å². The van der Waals surface area contributed by atoms with Crippen molar-refractivity contribution >= 4 is 21.6 Å². The lowest BCUT2D eigenvalue weighted by atomic mass is 10.2. The lowest BCUT2D eigenvalue weighted by molar-refractivity contribution is 0.0775. The second-order valence-electron chi connectivity index (χ2n) is 6.73. The van der Waals surface area contributed by atoms with Gasteiger partial charge < -0.3 is 18.8 Å². The number of rotatable bonds is 6. The number of fused-ring (bicyclic) bond motifs is 1. The fourth-order valence-electron chi connectivity index (χ4n) is 3.05. The van der Waals surface area contributed by atoms with E-state index in [2.05, 4.69) is 4.72 Å². The predicted octanol–water partition coefficient (Wildman–Crippen LogP) is 3.12. The fourth-order valence-corrected chi connectivity index (χ4v) is 4.11. The molecule has 1 aliphatic heterocycles. The highest BCUT2D eigenvalue weighted by atomic mass is 32.2. The van der Waals surface area contributed by atoms with Gasteiger partial charge in [0, 0.05) is 24.4 Å². The van der Waals surface area contributed by atoms with Gasteiger partial charge in [-0.15, -0.1) is 0 Å². The van der Waals surface area contributed by atoms with Crippen LogP contribution in [-0.2, 0) is 16.6 Å². The van der Waals surface area contributed by atoms with Crippen molar-refractivity contribution in [2.45, 2.75) is 11.4 Å². The maximum atomic E-state index is 12.8. The average molecular weight is 428 g/mol. The Morgan fingerprint density at radius 3 is 2.60 bits per heavy atom. The van der Waals surface area contributed by atoms with Crippen molar-refractivity contribution in [1.29, 1.82) is 0 Å². The summed E-state index contributed by atoms with van der Waals surface area (Å²) in [6.45, 7) is 1.09. The van der Waals surface area contributed by atoms with Crippen molar-refractivity contribution in [2.75, 3.05) is 25.0 Å². The molecule has 0 atom stereocenters. The van der Waals surface area contributed by atoms with Gasteiger partial charge in [0.15, 0.2) is 11.5 Å². The van der Waals surface area contributed by atoms with Crippen LogP contribution in [0.4, 0.5) is 5.69 Å². The van der Waals surface area contributed by atoms with Crippen LogP contribution in [0.5, 0.6) is 11.5 Å². The molecule has 0 bridgehead atoms. The smallest absolute Gasteiger partial charge is 0.262 e. The second-order valence-corrected chi connectivity index (χ2v) is 8.41. The van der Waals surface area contributed by atoms with E-state index >= 15 is 0 Å². The van der Waals surface area contributed by atoms with Gasteiger partial charge in [0.25, 0.3) is 15.9 Å². The van der Waals surface area contributed by atoms with E-state index in [1.54, 1.807) is 49.7 Å². The summed E-state index contributed by atoms with van der Waals surface area (Å²) >= 11 is 0. The van der Waals surface area contributed by atoms with E-state index in [9.17, 15) is 13.2 Å².